The molecule has 1 heterocycles. The number of benzene rings is 2. The summed E-state index contributed by atoms with van der Waals surface area (Å²) in [5.41, 5.74) is 2.13. The molecule has 0 bridgehead atoms. The summed E-state index contributed by atoms with van der Waals surface area (Å²) in [6.45, 7) is 2.12. The summed E-state index contributed by atoms with van der Waals surface area (Å²) in [7, 11) is 1.90. The second-order valence-electron chi connectivity index (χ2n) is 4.82. The quantitative estimate of drug-likeness (QED) is 0.670. The Morgan fingerprint density at radius 2 is 1.81 bits per heavy atom. The summed E-state index contributed by atoms with van der Waals surface area (Å²) in [6.07, 6.45) is 0.899. The molecule has 0 atom stereocenters. The van der Waals surface area contributed by atoms with Gasteiger partial charge in [0.2, 0.25) is 0 Å². The summed E-state index contributed by atoms with van der Waals surface area (Å²) >= 11 is 2.30. The Labute approximate surface area is 138 Å². The Kier molecular flexibility index (Phi) is 4.05. The van der Waals surface area contributed by atoms with Crippen LogP contribution in [-0.2, 0) is 6.42 Å². The Bertz CT molecular complexity index is 774. The molecule has 0 fully saturated rings. The van der Waals surface area contributed by atoms with Crippen LogP contribution >= 0.6 is 22.6 Å². The van der Waals surface area contributed by atoms with Crippen LogP contribution in [0.1, 0.15) is 12.6 Å². The minimum Gasteiger partial charge on any atom is -0.372 e. The molecule has 0 amide bonds. The maximum absolute atomic E-state index is 4.72. The summed E-state index contributed by atoms with van der Waals surface area (Å²) < 4.78 is 1.10. The third-order valence-electron chi connectivity index (χ3n) is 3.50. The van der Waals surface area contributed by atoms with E-state index in [1.165, 1.54) is 10.8 Å². The van der Waals surface area contributed by atoms with E-state index in [9.17, 15) is 0 Å². The van der Waals surface area contributed by atoms with Crippen molar-refractivity contribution in [3.05, 3.63) is 51.7 Å². The zero-order valence-corrected chi connectivity index (χ0v) is 14.2. The summed E-state index contributed by atoms with van der Waals surface area (Å²) in [4.78, 5) is 9.36. The Balaban J connectivity index is 2.17. The topological polar surface area (TPSA) is 37.8 Å². The van der Waals surface area contributed by atoms with Gasteiger partial charge in [-0.25, -0.2) is 9.97 Å². The van der Waals surface area contributed by atoms with Crippen molar-refractivity contribution < 1.29 is 0 Å². The van der Waals surface area contributed by atoms with Crippen molar-refractivity contribution in [2.75, 3.05) is 12.4 Å². The number of rotatable bonds is 3. The van der Waals surface area contributed by atoms with Crippen molar-refractivity contribution in [2.45, 2.75) is 13.3 Å². The van der Waals surface area contributed by atoms with Crippen LogP contribution in [0.3, 0.4) is 0 Å². The fourth-order valence-corrected chi connectivity index (χ4v) is 3.24. The first-order valence-electron chi connectivity index (χ1n) is 6.96. The second kappa shape index (κ2) is 5.97. The molecular formula is C17H16IN3. The molecule has 0 unspecified atom stereocenters. The molecule has 4 heteroatoms. The average molecular weight is 389 g/mol. The van der Waals surface area contributed by atoms with E-state index in [1.54, 1.807) is 0 Å². The minimum atomic E-state index is 0.780. The molecule has 21 heavy (non-hydrogen) atoms. The molecule has 0 saturated carbocycles. The fourth-order valence-electron chi connectivity index (χ4n) is 2.35. The predicted octanol–water partition coefficient (Wildman–Crippen LogP) is 4.51. The number of fused-ring (bicyclic) bond motifs is 1. The maximum Gasteiger partial charge on any atom is 0.161 e. The van der Waals surface area contributed by atoms with Crippen LogP contribution in [0.2, 0.25) is 0 Å². The average Bonchev–Trinajstić information content (AvgIpc) is 2.54. The van der Waals surface area contributed by atoms with Crippen LogP contribution in [0.25, 0.3) is 22.2 Å². The predicted molar refractivity (Wildman–Crippen MR) is 96.6 cm³/mol. The van der Waals surface area contributed by atoms with E-state index >= 15 is 0 Å². The number of halogens is 1. The lowest BCUT2D eigenvalue weighted by Crippen LogP contribution is -2.04. The maximum atomic E-state index is 4.72. The molecule has 106 valence electrons. The standard InChI is InChI=1S/C17H16IN3/c1-3-14-15(18)17(19-2)21-16(20-14)13-9-8-11-6-4-5-7-12(11)10-13/h4-10H,3H2,1-2H3,(H,19,20,21). The van der Waals surface area contributed by atoms with Gasteiger partial charge in [0.25, 0.3) is 0 Å². The minimum absolute atomic E-state index is 0.780. The Morgan fingerprint density at radius 1 is 1.05 bits per heavy atom. The number of aryl methyl sites for hydroxylation is 1. The molecule has 1 N–H and O–H groups in total. The highest BCUT2D eigenvalue weighted by atomic mass is 127. The normalized spacial score (nSPS) is 10.8. The third-order valence-corrected chi connectivity index (χ3v) is 4.63. The summed E-state index contributed by atoms with van der Waals surface area (Å²) in [6, 6.07) is 14.7. The van der Waals surface area contributed by atoms with Gasteiger partial charge in [0, 0.05) is 12.6 Å². The number of hydrogen-bond donors (Lipinski definition) is 1. The molecule has 3 nitrogen and oxygen atoms in total. The van der Waals surface area contributed by atoms with Crippen molar-refractivity contribution in [3.63, 3.8) is 0 Å². The van der Waals surface area contributed by atoms with Crippen molar-refractivity contribution in [2.24, 2.45) is 0 Å². The van der Waals surface area contributed by atoms with Crippen LogP contribution in [-0.4, -0.2) is 17.0 Å². The number of nitrogens with one attached hydrogen (secondary N) is 1. The zero-order valence-electron chi connectivity index (χ0n) is 12.0. The first kappa shape index (κ1) is 14.3. The molecular weight excluding hydrogens is 373 g/mol. The lowest BCUT2D eigenvalue weighted by atomic mass is 10.1. The van der Waals surface area contributed by atoms with Gasteiger partial charge < -0.3 is 5.32 Å². The van der Waals surface area contributed by atoms with Gasteiger partial charge in [-0.3, -0.25) is 0 Å². The summed E-state index contributed by atoms with van der Waals surface area (Å²) in [5.74, 6) is 1.67. The van der Waals surface area contributed by atoms with E-state index < -0.39 is 0 Å². The molecule has 0 spiro atoms. The smallest absolute Gasteiger partial charge is 0.161 e. The first-order chi connectivity index (χ1) is 10.2. The van der Waals surface area contributed by atoms with Crippen LogP contribution in [0, 0.1) is 3.57 Å². The molecule has 0 aliphatic rings. The molecule has 3 aromatic rings. The molecule has 1 aromatic heterocycles. The van der Waals surface area contributed by atoms with Gasteiger partial charge in [-0.1, -0.05) is 43.3 Å². The lowest BCUT2D eigenvalue weighted by Gasteiger charge is -2.10. The highest BCUT2D eigenvalue weighted by Gasteiger charge is 2.11. The Hall–Kier alpha value is -1.69. The number of hydrogen-bond acceptors (Lipinski definition) is 3. The first-order valence-corrected chi connectivity index (χ1v) is 8.04. The highest BCUT2D eigenvalue weighted by molar-refractivity contribution is 14.1. The third kappa shape index (κ3) is 2.72. The molecule has 0 aliphatic heterocycles. The molecule has 3 rings (SSSR count). The van der Waals surface area contributed by atoms with E-state index in [-0.39, 0.29) is 0 Å². The van der Waals surface area contributed by atoms with Crippen LogP contribution in [0.15, 0.2) is 42.5 Å². The number of anilines is 1. The van der Waals surface area contributed by atoms with Crippen LogP contribution in [0.4, 0.5) is 5.82 Å². The van der Waals surface area contributed by atoms with E-state index in [1.807, 2.05) is 7.05 Å². The van der Waals surface area contributed by atoms with Crippen molar-refractivity contribution in [1.82, 2.24) is 9.97 Å². The fraction of sp³-hybridized carbons (Fsp3) is 0.176. The second-order valence-corrected chi connectivity index (χ2v) is 5.90. The largest absolute Gasteiger partial charge is 0.372 e. The van der Waals surface area contributed by atoms with E-state index in [2.05, 4.69) is 82.3 Å². The van der Waals surface area contributed by atoms with Crippen molar-refractivity contribution in [1.29, 1.82) is 0 Å². The van der Waals surface area contributed by atoms with Gasteiger partial charge in [0.05, 0.1) is 9.26 Å². The van der Waals surface area contributed by atoms with Gasteiger partial charge in [-0.2, -0.15) is 0 Å². The number of aromatic nitrogens is 2. The highest BCUT2D eigenvalue weighted by Crippen LogP contribution is 2.26. The molecule has 0 aliphatic carbocycles. The SMILES string of the molecule is CCc1nc(-c2ccc3ccccc3c2)nc(NC)c1I. The lowest BCUT2D eigenvalue weighted by molar-refractivity contribution is 0.990. The van der Waals surface area contributed by atoms with Crippen LogP contribution in [0.5, 0.6) is 0 Å². The van der Waals surface area contributed by atoms with Gasteiger partial charge in [0.1, 0.15) is 5.82 Å². The van der Waals surface area contributed by atoms with E-state index in [0.717, 1.165) is 32.9 Å². The van der Waals surface area contributed by atoms with Gasteiger partial charge in [-0.05, 0) is 45.9 Å². The van der Waals surface area contributed by atoms with Crippen molar-refractivity contribution >= 4 is 39.2 Å². The zero-order chi connectivity index (χ0) is 14.8. The van der Waals surface area contributed by atoms with E-state index in [4.69, 9.17) is 4.98 Å². The summed E-state index contributed by atoms with van der Waals surface area (Å²) in [5, 5.41) is 5.60. The van der Waals surface area contributed by atoms with Gasteiger partial charge in [0.15, 0.2) is 5.82 Å². The monoisotopic (exact) mass is 389 g/mol. The van der Waals surface area contributed by atoms with Gasteiger partial charge >= 0.3 is 0 Å². The molecule has 0 radical (unpaired) electrons. The Morgan fingerprint density at radius 3 is 2.52 bits per heavy atom. The molecule has 2 aromatic carbocycles. The van der Waals surface area contributed by atoms with Crippen LogP contribution < -0.4 is 5.32 Å². The number of nitrogens with zero attached hydrogens (tertiary/aromatic N) is 2. The van der Waals surface area contributed by atoms with Crippen molar-refractivity contribution in [3.8, 4) is 11.4 Å². The molecule has 0 saturated heterocycles. The van der Waals surface area contributed by atoms with E-state index in [0.29, 0.717) is 0 Å². The van der Waals surface area contributed by atoms with Gasteiger partial charge in [-0.15, -0.1) is 0 Å².